The minimum atomic E-state index is 0.355. The van der Waals surface area contributed by atoms with Crippen molar-refractivity contribution in [3.63, 3.8) is 0 Å². The molecule has 0 nitrogen and oxygen atoms in total. The Morgan fingerprint density at radius 2 is 1.90 bits per heavy atom. The second-order valence-electron chi connectivity index (χ2n) is 7.59. The molecule has 112 valence electrons. The van der Waals surface area contributed by atoms with E-state index in [1.807, 2.05) is 0 Å². The van der Waals surface area contributed by atoms with Crippen LogP contribution in [0.1, 0.15) is 73.3 Å². The van der Waals surface area contributed by atoms with E-state index in [9.17, 15) is 0 Å². The van der Waals surface area contributed by atoms with E-state index in [0.717, 1.165) is 0 Å². The third-order valence-corrected chi connectivity index (χ3v) is 7.94. The molecule has 0 aromatic carbocycles. The number of aryl methyl sites for hydroxylation is 1. The van der Waals surface area contributed by atoms with Crippen LogP contribution in [0.3, 0.4) is 0 Å². The molecule has 1 aromatic rings. The van der Waals surface area contributed by atoms with Gasteiger partial charge in [0.05, 0.1) is 0 Å². The lowest BCUT2D eigenvalue weighted by molar-refractivity contribution is 0.169. The fourth-order valence-corrected chi connectivity index (χ4v) is 6.43. The van der Waals surface area contributed by atoms with Crippen LogP contribution in [0.5, 0.6) is 0 Å². The first-order chi connectivity index (χ1) is 10.1. The molecule has 0 unspecified atom stereocenters. The predicted molar refractivity (Wildman–Crippen MR) is 93.1 cm³/mol. The van der Waals surface area contributed by atoms with Gasteiger partial charge in [-0.05, 0) is 67.9 Å². The van der Waals surface area contributed by atoms with Crippen LogP contribution in [-0.2, 0) is 18.3 Å². The zero-order valence-corrected chi connectivity index (χ0v) is 14.2. The van der Waals surface area contributed by atoms with Gasteiger partial charge in [0.2, 0.25) is 0 Å². The summed E-state index contributed by atoms with van der Waals surface area (Å²) in [5, 5.41) is 0. The average molecular weight is 298 g/mol. The molecule has 1 heteroatoms. The second-order valence-corrected chi connectivity index (χ2v) is 8.69. The van der Waals surface area contributed by atoms with Crippen LogP contribution >= 0.6 is 11.3 Å². The number of allylic oxidation sites excluding steroid dienone is 3. The lowest BCUT2D eigenvalue weighted by Gasteiger charge is -2.48. The van der Waals surface area contributed by atoms with Crippen LogP contribution < -0.4 is 0 Å². The van der Waals surface area contributed by atoms with Crippen molar-refractivity contribution < 1.29 is 0 Å². The smallest absolute Gasteiger partial charge is 0.0154 e. The highest BCUT2D eigenvalue weighted by Crippen LogP contribution is 2.57. The topological polar surface area (TPSA) is 0 Å². The van der Waals surface area contributed by atoms with Crippen molar-refractivity contribution in [2.45, 2.75) is 70.6 Å². The van der Waals surface area contributed by atoms with E-state index in [0.29, 0.717) is 10.8 Å². The van der Waals surface area contributed by atoms with Crippen LogP contribution in [0.2, 0.25) is 0 Å². The summed E-state index contributed by atoms with van der Waals surface area (Å²) in [5.74, 6) is 0. The summed E-state index contributed by atoms with van der Waals surface area (Å²) in [6, 6.07) is 0. The van der Waals surface area contributed by atoms with Crippen molar-refractivity contribution in [2.75, 3.05) is 0 Å². The van der Waals surface area contributed by atoms with E-state index in [-0.39, 0.29) is 0 Å². The average Bonchev–Trinajstić information content (AvgIpc) is 2.89. The molecule has 0 saturated carbocycles. The summed E-state index contributed by atoms with van der Waals surface area (Å²) in [5.41, 5.74) is 4.03. The fourth-order valence-electron chi connectivity index (χ4n) is 4.77. The molecule has 3 aliphatic carbocycles. The zero-order valence-electron chi connectivity index (χ0n) is 13.4. The number of hydrogen-bond acceptors (Lipinski definition) is 1. The first-order valence-corrected chi connectivity index (χ1v) is 9.45. The van der Waals surface area contributed by atoms with Crippen LogP contribution in [0.4, 0.5) is 0 Å². The van der Waals surface area contributed by atoms with Gasteiger partial charge in [0.15, 0.2) is 0 Å². The van der Waals surface area contributed by atoms with E-state index in [1.165, 1.54) is 51.4 Å². The summed E-state index contributed by atoms with van der Waals surface area (Å²) in [6.07, 6.45) is 20.3. The minimum Gasteiger partial charge on any atom is -0.144 e. The Hall–Kier alpha value is -0.820. The summed E-state index contributed by atoms with van der Waals surface area (Å²) < 4.78 is 0. The van der Waals surface area contributed by atoms with Gasteiger partial charge in [-0.15, -0.1) is 11.3 Å². The highest BCUT2D eigenvalue weighted by Gasteiger charge is 2.48. The minimum absolute atomic E-state index is 0.355. The molecular weight excluding hydrogens is 272 g/mol. The van der Waals surface area contributed by atoms with Crippen LogP contribution in [0.25, 0.3) is 6.08 Å². The molecule has 21 heavy (non-hydrogen) atoms. The van der Waals surface area contributed by atoms with Crippen LogP contribution in [0, 0.1) is 5.41 Å². The third-order valence-electron chi connectivity index (χ3n) is 6.37. The number of rotatable bonds is 1. The standard InChI is InChI=1S/C20H26S/c1-19(12-6-3-7-13-19)20(2)14-8-10-16-15-9-4-5-11-17(15)21-18(16)20/h4,6,9,12H,3,5,7-8,10-11,13-14H2,1-2H3/t19-,20+/m1/s1. The van der Waals surface area contributed by atoms with E-state index in [1.54, 1.807) is 20.9 Å². The highest BCUT2D eigenvalue weighted by molar-refractivity contribution is 7.12. The first kappa shape index (κ1) is 13.8. The van der Waals surface area contributed by atoms with Gasteiger partial charge in [-0.3, -0.25) is 0 Å². The van der Waals surface area contributed by atoms with E-state index in [2.05, 4.69) is 49.5 Å². The normalized spacial score (nSPS) is 34.6. The van der Waals surface area contributed by atoms with Gasteiger partial charge in [0.1, 0.15) is 0 Å². The third kappa shape index (κ3) is 1.93. The molecule has 3 aliphatic rings. The maximum atomic E-state index is 2.56. The Morgan fingerprint density at radius 3 is 2.71 bits per heavy atom. The van der Waals surface area contributed by atoms with E-state index in [4.69, 9.17) is 0 Å². The van der Waals surface area contributed by atoms with Gasteiger partial charge in [0.25, 0.3) is 0 Å². The van der Waals surface area contributed by atoms with Crippen molar-refractivity contribution >= 4 is 17.4 Å². The largest absolute Gasteiger partial charge is 0.144 e. The lowest BCUT2D eigenvalue weighted by atomic mass is 9.56. The number of hydrogen-bond donors (Lipinski definition) is 0. The van der Waals surface area contributed by atoms with Crippen molar-refractivity contribution in [3.05, 3.63) is 39.1 Å². The SMILES string of the molecule is C[C@]1([C@]2(C)C=CCCC2)CCCc2c1sc1c2C=CCC1. The molecule has 0 saturated heterocycles. The molecule has 0 radical (unpaired) electrons. The molecule has 2 atom stereocenters. The Labute approximate surface area is 133 Å². The van der Waals surface area contributed by atoms with Gasteiger partial charge < -0.3 is 0 Å². The van der Waals surface area contributed by atoms with Gasteiger partial charge in [-0.25, -0.2) is 0 Å². The number of fused-ring (bicyclic) bond motifs is 3. The fraction of sp³-hybridized carbons (Fsp3) is 0.600. The molecule has 1 aromatic heterocycles. The van der Waals surface area contributed by atoms with Crippen molar-refractivity contribution in [2.24, 2.45) is 5.41 Å². The van der Waals surface area contributed by atoms with Crippen molar-refractivity contribution in [1.29, 1.82) is 0 Å². The van der Waals surface area contributed by atoms with Crippen LogP contribution in [0.15, 0.2) is 18.2 Å². The lowest BCUT2D eigenvalue weighted by Crippen LogP contribution is -2.42. The summed E-state index contributed by atoms with van der Waals surface area (Å²) in [4.78, 5) is 3.40. The molecule has 0 amide bonds. The molecule has 4 rings (SSSR count). The Balaban J connectivity index is 1.87. The Bertz CT molecular complexity index is 618. The second kappa shape index (κ2) is 4.84. The molecular formula is C20H26S. The zero-order chi connectivity index (χ0) is 14.5. The van der Waals surface area contributed by atoms with Gasteiger partial charge in [-0.1, -0.05) is 38.2 Å². The van der Waals surface area contributed by atoms with E-state index < -0.39 is 0 Å². The maximum absolute atomic E-state index is 2.56. The molecule has 0 spiro atoms. The Kier molecular flexibility index (Phi) is 3.19. The van der Waals surface area contributed by atoms with Gasteiger partial charge >= 0.3 is 0 Å². The quantitative estimate of drug-likeness (QED) is 0.554. The van der Waals surface area contributed by atoms with Crippen molar-refractivity contribution in [3.8, 4) is 0 Å². The van der Waals surface area contributed by atoms with Gasteiger partial charge in [0, 0.05) is 15.2 Å². The highest BCUT2D eigenvalue weighted by atomic mass is 32.1. The van der Waals surface area contributed by atoms with E-state index >= 15 is 0 Å². The predicted octanol–water partition coefficient (Wildman–Crippen LogP) is 6.05. The number of thiophene rings is 1. The van der Waals surface area contributed by atoms with Crippen LogP contribution in [-0.4, -0.2) is 0 Å². The molecule has 0 bridgehead atoms. The molecule has 0 fully saturated rings. The molecule has 1 heterocycles. The molecule has 0 N–H and O–H groups in total. The summed E-state index contributed by atoms with van der Waals surface area (Å²) in [6.45, 7) is 5.08. The Morgan fingerprint density at radius 1 is 1.00 bits per heavy atom. The van der Waals surface area contributed by atoms with Crippen molar-refractivity contribution in [1.82, 2.24) is 0 Å². The summed E-state index contributed by atoms with van der Waals surface area (Å²) in [7, 11) is 0. The monoisotopic (exact) mass is 298 g/mol. The van der Waals surface area contributed by atoms with Gasteiger partial charge in [-0.2, -0.15) is 0 Å². The maximum Gasteiger partial charge on any atom is 0.0154 e. The summed E-state index contributed by atoms with van der Waals surface area (Å²) >= 11 is 2.15. The first-order valence-electron chi connectivity index (χ1n) is 8.63. The molecule has 0 aliphatic heterocycles.